The standard InChI is InChI=1S/C25H34N2O6S/c1-3-32-21-7-5-20(6-8-21)25(14-17-31-18-15-25)19-26-24(28)13-16-27-34(29,30)23-11-9-22(10-12-23)33-4-2/h5-12,27H,3-4,13-19H2,1-2H3,(H,26,28). The molecule has 0 radical (unpaired) electrons. The molecule has 9 heteroatoms. The minimum absolute atomic E-state index is 0.0144. The maximum absolute atomic E-state index is 12.5. The lowest BCUT2D eigenvalue weighted by atomic mass is 9.74. The van der Waals surface area contributed by atoms with Gasteiger partial charge in [-0.3, -0.25) is 4.79 Å². The van der Waals surface area contributed by atoms with E-state index >= 15 is 0 Å². The Hall–Kier alpha value is -2.62. The average Bonchev–Trinajstić information content (AvgIpc) is 2.84. The minimum Gasteiger partial charge on any atom is -0.494 e. The Morgan fingerprint density at radius 2 is 1.50 bits per heavy atom. The number of hydrogen-bond acceptors (Lipinski definition) is 6. The molecule has 1 amide bonds. The van der Waals surface area contributed by atoms with Gasteiger partial charge in [-0.2, -0.15) is 0 Å². The number of benzene rings is 2. The topological polar surface area (TPSA) is 103 Å². The van der Waals surface area contributed by atoms with Crippen LogP contribution in [0.25, 0.3) is 0 Å². The van der Waals surface area contributed by atoms with Crippen LogP contribution in [0.5, 0.6) is 11.5 Å². The summed E-state index contributed by atoms with van der Waals surface area (Å²) in [7, 11) is -3.70. The molecule has 8 nitrogen and oxygen atoms in total. The van der Waals surface area contributed by atoms with E-state index in [1.165, 1.54) is 12.1 Å². The third-order valence-corrected chi connectivity index (χ3v) is 7.42. The molecule has 2 aromatic rings. The molecule has 1 aliphatic heterocycles. The van der Waals surface area contributed by atoms with Gasteiger partial charge in [-0.25, -0.2) is 13.1 Å². The molecule has 0 spiro atoms. The number of carbonyl (C=O) groups excluding carboxylic acids is 1. The summed E-state index contributed by atoms with van der Waals surface area (Å²) in [5, 5.41) is 3.00. The first kappa shape index (κ1) is 26.0. The third-order valence-electron chi connectivity index (χ3n) is 5.94. The number of amides is 1. The maximum Gasteiger partial charge on any atom is 0.240 e. The molecule has 0 saturated carbocycles. The lowest BCUT2D eigenvalue weighted by Gasteiger charge is -2.38. The Balaban J connectivity index is 1.53. The quantitative estimate of drug-likeness (QED) is 0.474. The highest BCUT2D eigenvalue weighted by Gasteiger charge is 2.34. The lowest BCUT2D eigenvalue weighted by Crippen LogP contribution is -2.45. The summed E-state index contributed by atoms with van der Waals surface area (Å²) in [5.41, 5.74) is 0.913. The minimum atomic E-state index is -3.70. The van der Waals surface area contributed by atoms with E-state index in [0.717, 1.165) is 24.2 Å². The maximum atomic E-state index is 12.5. The second-order valence-corrected chi connectivity index (χ2v) is 9.95. The molecule has 186 valence electrons. The number of ether oxygens (including phenoxy) is 3. The van der Waals surface area contributed by atoms with E-state index in [9.17, 15) is 13.2 Å². The van der Waals surface area contributed by atoms with Crippen LogP contribution < -0.4 is 19.5 Å². The van der Waals surface area contributed by atoms with Crippen molar-refractivity contribution in [3.8, 4) is 11.5 Å². The number of hydrogen-bond donors (Lipinski definition) is 2. The number of nitrogens with one attached hydrogen (secondary N) is 2. The molecule has 1 saturated heterocycles. The van der Waals surface area contributed by atoms with E-state index in [1.54, 1.807) is 12.1 Å². The summed E-state index contributed by atoms with van der Waals surface area (Å²) in [6.07, 6.45) is 1.64. The van der Waals surface area contributed by atoms with E-state index in [1.807, 2.05) is 38.1 Å². The van der Waals surface area contributed by atoms with Gasteiger partial charge >= 0.3 is 0 Å². The monoisotopic (exact) mass is 490 g/mol. The Morgan fingerprint density at radius 3 is 2.06 bits per heavy atom. The largest absolute Gasteiger partial charge is 0.494 e. The van der Waals surface area contributed by atoms with Gasteiger partial charge < -0.3 is 19.5 Å². The van der Waals surface area contributed by atoms with Crippen molar-refractivity contribution in [3.05, 3.63) is 54.1 Å². The number of carbonyl (C=O) groups is 1. The number of rotatable bonds is 12. The van der Waals surface area contributed by atoms with Crippen molar-refractivity contribution in [2.75, 3.05) is 39.5 Å². The molecule has 34 heavy (non-hydrogen) atoms. The normalized spacial score (nSPS) is 15.5. The molecule has 0 aromatic heterocycles. The fourth-order valence-corrected chi connectivity index (χ4v) is 5.05. The molecule has 1 aliphatic rings. The van der Waals surface area contributed by atoms with Crippen LogP contribution in [0.2, 0.25) is 0 Å². The van der Waals surface area contributed by atoms with Gasteiger partial charge in [0.25, 0.3) is 0 Å². The van der Waals surface area contributed by atoms with Crippen molar-refractivity contribution in [3.63, 3.8) is 0 Å². The lowest BCUT2D eigenvalue weighted by molar-refractivity contribution is -0.121. The summed E-state index contributed by atoms with van der Waals surface area (Å²) in [4.78, 5) is 12.7. The van der Waals surface area contributed by atoms with Crippen LogP contribution in [0.4, 0.5) is 0 Å². The smallest absolute Gasteiger partial charge is 0.240 e. The second-order valence-electron chi connectivity index (χ2n) is 8.18. The van der Waals surface area contributed by atoms with Gasteiger partial charge in [0, 0.05) is 38.1 Å². The Kier molecular flexibility index (Phi) is 9.32. The Labute approximate surface area is 202 Å². The molecule has 1 fully saturated rings. The summed E-state index contributed by atoms with van der Waals surface area (Å²) in [5.74, 6) is 1.22. The van der Waals surface area contributed by atoms with E-state index in [4.69, 9.17) is 14.2 Å². The molecule has 0 unspecified atom stereocenters. The van der Waals surface area contributed by atoms with Crippen molar-refractivity contribution >= 4 is 15.9 Å². The SMILES string of the molecule is CCOc1ccc(C2(CNC(=O)CCNS(=O)(=O)c3ccc(OCC)cc3)CCOCC2)cc1. The van der Waals surface area contributed by atoms with Gasteiger partial charge in [0.2, 0.25) is 15.9 Å². The van der Waals surface area contributed by atoms with Gasteiger partial charge in [0.1, 0.15) is 11.5 Å². The zero-order chi connectivity index (χ0) is 24.4. The summed E-state index contributed by atoms with van der Waals surface area (Å²) < 4.78 is 43.9. The van der Waals surface area contributed by atoms with Crippen LogP contribution in [0.15, 0.2) is 53.4 Å². The van der Waals surface area contributed by atoms with Crippen molar-refractivity contribution in [1.82, 2.24) is 10.0 Å². The van der Waals surface area contributed by atoms with Gasteiger partial charge in [-0.15, -0.1) is 0 Å². The summed E-state index contributed by atoms with van der Waals surface area (Å²) in [6, 6.07) is 14.2. The molecule has 0 aliphatic carbocycles. The van der Waals surface area contributed by atoms with Crippen LogP contribution in [0.1, 0.15) is 38.7 Å². The Morgan fingerprint density at radius 1 is 0.941 bits per heavy atom. The molecule has 1 heterocycles. The van der Waals surface area contributed by atoms with Gasteiger partial charge in [0.05, 0.1) is 18.1 Å². The van der Waals surface area contributed by atoms with Crippen LogP contribution in [0, 0.1) is 0 Å². The van der Waals surface area contributed by atoms with Crippen molar-refractivity contribution < 1.29 is 27.4 Å². The van der Waals surface area contributed by atoms with Crippen LogP contribution in [-0.4, -0.2) is 53.8 Å². The first-order chi connectivity index (χ1) is 16.4. The Bertz CT molecular complexity index is 1020. The van der Waals surface area contributed by atoms with E-state index < -0.39 is 10.0 Å². The first-order valence-electron chi connectivity index (χ1n) is 11.7. The highest BCUT2D eigenvalue weighted by Crippen LogP contribution is 2.35. The molecule has 2 aromatic carbocycles. The van der Waals surface area contributed by atoms with Gasteiger partial charge in [-0.05, 0) is 68.7 Å². The summed E-state index contributed by atoms with van der Waals surface area (Å²) in [6.45, 7) is 6.66. The second kappa shape index (κ2) is 12.2. The number of sulfonamides is 1. The summed E-state index contributed by atoms with van der Waals surface area (Å²) >= 11 is 0. The predicted molar refractivity (Wildman–Crippen MR) is 130 cm³/mol. The van der Waals surface area contributed by atoms with Crippen molar-refractivity contribution in [2.45, 2.75) is 43.4 Å². The zero-order valence-electron chi connectivity index (χ0n) is 19.8. The van der Waals surface area contributed by atoms with E-state index in [-0.39, 0.29) is 29.2 Å². The molecule has 2 N–H and O–H groups in total. The molecular weight excluding hydrogens is 456 g/mol. The van der Waals surface area contributed by atoms with Gasteiger partial charge in [-0.1, -0.05) is 12.1 Å². The predicted octanol–water partition coefficient (Wildman–Crippen LogP) is 3.02. The fourth-order valence-electron chi connectivity index (χ4n) is 4.02. The zero-order valence-corrected chi connectivity index (χ0v) is 20.7. The molecule has 0 atom stereocenters. The van der Waals surface area contributed by atoms with Crippen LogP contribution in [-0.2, 0) is 25.0 Å². The highest BCUT2D eigenvalue weighted by atomic mass is 32.2. The van der Waals surface area contributed by atoms with Gasteiger partial charge in [0.15, 0.2) is 0 Å². The first-order valence-corrected chi connectivity index (χ1v) is 13.2. The fraction of sp³-hybridized carbons (Fsp3) is 0.480. The van der Waals surface area contributed by atoms with E-state index in [0.29, 0.717) is 38.7 Å². The molecule has 3 rings (SSSR count). The van der Waals surface area contributed by atoms with Crippen LogP contribution >= 0.6 is 0 Å². The van der Waals surface area contributed by atoms with E-state index in [2.05, 4.69) is 10.0 Å². The highest BCUT2D eigenvalue weighted by molar-refractivity contribution is 7.89. The van der Waals surface area contributed by atoms with Crippen LogP contribution in [0.3, 0.4) is 0 Å². The van der Waals surface area contributed by atoms with Crippen molar-refractivity contribution in [2.24, 2.45) is 0 Å². The molecule has 0 bridgehead atoms. The van der Waals surface area contributed by atoms with Crippen molar-refractivity contribution in [1.29, 1.82) is 0 Å². The third kappa shape index (κ3) is 6.94. The molecular formula is C25H34N2O6S. The average molecular weight is 491 g/mol.